The molecule has 0 saturated carbocycles. The Bertz CT molecular complexity index is 1970. The van der Waals surface area contributed by atoms with Gasteiger partial charge in [0.2, 0.25) is 18.3 Å². The van der Waals surface area contributed by atoms with Gasteiger partial charge in [-0.25, -0.2) is 0 Å². The number of nitrogens with zero attached hydrogens (tertiary/aromatic N) is 2. The monoisotopic (exact) mass is 966 g/mol. The Morgan fingerprint density at radius 3 is 1.72 bits per heavy atom. The molecule has 3 heterocycles. The van der Waals surface area contributed by atoms with Gasteiger partial charge in [0.25, 0.3) is 0 Å². The van der Waals surface area contributed by atoms with Crippen molar-refractivity contribution in [2.75, 3.05) is 83.6 Å². The molecule has 4 aromatic carbocycles. The van der Waals surface area contributed by atoms with E-state index in [0.29, 0.717) is 23.0 Å². The van der Waals surface area contributed by atoms with Gasteiger partial charge in [0.1, 0.15) is 17.8 Å². The number of hydrogen-bond acceptors (Lipinski definition) is 8. The third-order valence-electron chi connectivity index (χ3n) is 11.4. The van der Waals surface area contributed by atoms with Crippen LogP contribution < -0.4 is 85.8 Å². The lowest BCUT2D eigenvalue weighted by atomic mass is 9.86. The molecule has 0 fully saturated rings. The molecule has 292 valence electrons. The summed E-state index contributed by atoms with van der Waals surface area (Å²) in [6.45, 7) is 2.19. The number of rotatable bonds is 11. The summed E-state index contributed by atoms with van der Waals surface area (Å²) < 4.78 is 48.8. The Kier molecular flexibility index (Phi) is 13.0. The highest BCUT2D eigenvalue weighted by Gasteiger charge is 2.41. The average Bonchev–Trinajstić information content (AvgIpc) is 3.61. The Morgan fingerprint density at radius 2 is 1.13 bits per heavy atom. The first-order valence-electron chi connectivity index (χ1n) is 17.9. The summed E-state index contributed by atoms with van der Waals surface area (Å²) in [6, 6.07) is 19.3. The van der Waals surface area contributed by atoms with Gasteiger partial charge in [-0.05, 0) is 47.5 Å². The molecule has 0 radical (unpaired) electrons. The summed E-state index contributed by atoms with van der Waals surface area (Å²) in [6.07, 6.45) is 3.46. The number of halogens is 2. The lowest BCUT2D eigenvalue weighted by Gasteiger charge is -2.43. The molecule has 0 saturated heterocycles. The van der Waals surface area contributed by atoms with E-state index in [0.717, 1.165) is 82.0 Å². The topological polar surface area (TPSA) is 73.8 Å². The van der Waals surface area contributed by atoms with E-state index >= 15 is 0 Å². The van der Waals surface area contributed by atoms with Crippen LogP contribution in [0.1, 0.15) is 45.5 Å². The molecule has 0 aromatic heterocycles. The minimum atomic E-state index is 0. The first-order valence-corrected chi connectivity index (χ1v) is 17.9. The fraction of sp³-hybridized carbons (Fsp3) is 0.429. The summed E-state index contributed by atoms with van der Waals surface area (Å²) in [5.41, 5.74) is 7.25. The second-order valence-electron chi connectivity index (χ2n) is 15.1. The zero-order chi connectivity index (χ0) is 36.8. The SMILES string of the molecule is COc1ccc(C[C@H]2c3cc(OC)c(OC)c(OC)c3CC[N+]2(C)C)cc1Oc1ccc(C[C@H]2c3cc4c(c(OC)c3CC[N+]2(C)C)OCO4)cc1.[I-].[I-]. The lowest BCUT2D eigenvalue weighted by molar-refractivity contribution is -0.923. The standard InChI is InChI=1S/C42H52N2O8.2HI/c1-43(2)19-17-30-32(24-38-42(40(30)48-8)51-25-50-38)33(43)20-26-10-13-28(14-11-26)52-36-22-27(12-15-35(36)45-5)21-34-31-23-37(46-6)41(49-9)39(47-7)29(31)16-18-44(34,3)4;;/h10-15,22-24,33-34H,16-21,25H2,1-9H3;2*1H/q+2;;/p-2/t33-,34-;;/m0../s1. The fourth-order valence-electron chi connectivity index (χ4n) is 8.40. The second kappa shape index (κ2) is 16.8. The van der Waals surface area contributed by atoms with Crippen LogP contribution in [0, 0.1) is 0 Å². The smallest absolute Gasteiger partial charge is 0.231 e. The van der Waals surface area contributed by atoms with Crippen molar-refractivity contribution in [1.82, 2.24) is 0 Å². The second-order valence-corrected chi connectivity index (χ2v) is 15.1. The van der Waals surface area contributed by atoms with Gasteiger partial charge >= 0.3 is 0 Å². The summed E-state index contributed by atoms with van der Waals surface area (Å²) in [5.74, 6) is 6.48. The third-order valence-corrected chi connectivity index (χ3v) is 11.4. The van der Waals surface area contributed by atoms with E-state index in [9.17, 15) is 0 Å². The van der Waals surface area contributed by atoms with Crippen LogP contribution in [0.2, 0.25) is 0 Å². The van der Waals surface area contributed by atoms with Crippen LogP contribution >= 0.6 is 0 Å². The Hall–Kier alpha value is -3.34. The van der Waals surface area contributed by atoms with Crippen LogP contribution in [0.4, 0.5) is 0 Å². The van der Waals surface area contributed by atoms with Gasteiger partial charge in [0.05, 0.1) is 76.8 Å². The van der Waals surface area contributed by atoms with Crippen molar-refractivity contribution in [3.8, 4) is 51.7 Å². The maximum Gasteiger partial charge on any atom is 0.231 e. The van der Waals surface area contributed by atoms with Crippen LogP contribution in [-0.4, -0.2) is 92.6 Å². The van der Waals surface area contributed by atoms with Crippen molar-refractivity contribution in [2.24, 2.45) is 0 Å². The highest BCUT2D eigenvalue weighted by Crippen LogP contribution is 2.51. The molecule has 0 unspecified atom stereocenters. The van der Waals surface area contributed by atoms with E-state index in [1.54, 1.807) is 35.5 Å². The quantitative estimate of drug-likeness (QED) is 0.164. The van der Waals surface area contributed by atoms with Crippen LogP contribution in [0.5, 0.6) is 51.7 Å². The fourth-order valence-corrected chi connectivity index (χ4v) is 8.40. The van der Waals surface area contributed by atoms with Crippen LogP contribution in [0.3, 0.4) is 0 Å². The van der Waals surface area contributed by atoms with E-state index in [-0.39, 0.29) is 66.8 Å². The highest BCUT2D eigenvalue weighted by atomic mass is 127. The molecule has 0 bridgehead atoms. The lowest BCUT2D eigenvalue weighted by Crippen LogP contribution is -3.00. The number of quaternary nitrogens is 2. The first kappa shape index (κ1) is 41.8. The Balaban J connectivity index is 0.00000280. The molecular weight excluding hydrogens is 914 g/mol. The van der Waals surface area contributed by atoms with Crippen LogP contribution in [-0.2, 0) is 25.7 Å². The number of benzene rings is 4. The maximum atomic E-state index is 6.54. The van der Waals surface area contributed by atoms with Crippen molar-refractivity contribution >= 4 is 0 Å². The number of fused-ring (bicyclic) bond motifs is 3. The minimum absolute atomic E-state index is 0. The van der Waals surface area contributed by atoms with Gasteiger partial charge in [0, 0.05) is 47.9 Å². The van der Waals surface area contributed by atoms with Gasteiger partial charge in [-0.2, -0.15) is 0 Å². The molecule has 12 heteroatoms. The van der Waals surface area contributed by atoms with Crippen molar-refractivity contribution in [3.05, 3.63) is 88.0 Å². The Labute approximate surface area is 353 Å². The van der Waals surface area contributed by atoms with Gasteiger partial charge < -0.3 is 94.8 Å². The molecule has 0 amide bonds. The van der Waals surface area contributed by atoms with Crippen molar-refractivity contribution in [2.45, 2.75) is 37.8 Å². The predicted octanol–water partition coefficient (Wildman–Crippen LogP) is 1.09. The molecule has 0 N–H and O–H groups in total. The molecular formula is C42H52I2N2O8. The number of likely N-dealkylation sites (N-methyl/N-ethyl adjacent to an activating group) is 2. The highest BCUT2D eigenvalue weighted by molar-refractivity contribution is 5.62. The number of hydrogen-bond donors (Lipinski definition) is 0. The molecule has 3 aliphatic heterocycles. The molecule has 54 heavy (non-hydrogen) atoms. The molecule has 0 spiro atoms. The minimum Gasteiger partial charge on any atom is -1.00 e. The van der Waals surface area contributed by atoms with Crippen molar-refractivity contribution < 1.29 is 94.8 Å². The molecule has 2 atom stereocenters. The normalized spacial score (nSPS) is 18.5. The average molecular weight is 967 g/mol. The molecule has 10 nitrogen and oxygen atoms in total. The van der Waals surface area contributed by atoms with Crippen molar-refractivity contribution in [3.63, 3.8) is 0 Å². The predicted molar refractivity (Wildman–Crippen MR) is 199 cm³/mol. The summed E-state index contributed by atoms with van der Waals surface area (Å²) in [4.78, 5) is 0. The van der Waals surface area contributed by atoms with E-state index in [1.165, 1.54) is 27.8 Å². The first-order chi connectivity index (χ1) is 25.0. The van der Waals surface area contributed by atoms with Crippen LogP contribution in [0.25, 0.3) is 0 Å². The van der Waals surface area contributed by atoms with E-state index in [1.807, 2.05) is 6.07 Å². The third kappa shape index (κ3) is 7.72. The van der Waals surface area contributed by atoms with E-state index in [4.69, 9.17) is 37.9 Å². The largest absolute Gasteiger partial charge is 1.00 e. The summed E-state index contributed by atoms with van der Waals surface area (Å²) in [7, 11) is 17.6. The summed E-state index contributed by atoms with van der Waals surface area (Å²) >= 11 is 0. The molecule has 4 aromatic rings. The van der Waals surface area contributed by atoms with Gasteiger partial charge in [-0.3, -0.25) is 0 Å². The van der Waals surface area contributed by atoms with E-state index in [2.05, 4.69) is 76.7 Å². The van der Waals surface area contributed by atoms with Gasteiger partial charge in [-0.1, -0.05) is 18.2 Å². The zero-order valence-electron chi connectivity index (χ0n) is 32.7. The van der Waals surface area contributed by atoms with E-state index < -0.39 is 0 Å². The maximum absolute atomic E-state index is 6.54. The van der Waals surface area contributed by atoms with Gasteiger partial charge in [-0.15, -0.1) is 0 Å². The molecule has 0 aliphatic carbocycles. The molecule has 7 rings (SSSR count). The van der Waals surface area contributed by atoms with Gasteiger partial charge in [0.15, 0.2) is 34.5 Å². The van der Waals surface area contributed by atoms with Crippen LogP contribution in [0.15, 0.2) is 54.6 Å². The van der Waals surface area contributed by atoms with Crippen molar-refractivity contribution in [1.29, 1.82) is 0 Å². The zero-order valence-corrected chi connectivity index (χ0v) is 37.0. The summed E-state index contributed by atoms with van der Waals surface area (Å²) in [5, 5.41) is 0. The number of ether oxygens (including phenoxy) is 8. The molecule has 3 aliphatic rings. The number of methoxy groups -OCH3 is 5. The Morgan fingerprint density at radius 1 is 0.574 bits per heavy atom.